The van der Waals surface area contributed by atoms with Crippen molar-refractivity contribution >= 4 is 11.8 Å². The van der Waals surface area contributed by atoms with Gasteiger partial charge in [0, 0.05) is 22.8 Å². The highest BCUT2D eigenvalue weighted by molar-refractivity contribution is 7.99. The van der Waals surface area contributed by atoms with Crippen molar-refractivity contribution in [1.29, 1.82) is 0 Å². The Labute approximate surface area is 131 Å². The lowest BCUT2D eigenvalue weighted by molar-refractivity contribution is 0.558. The van der Waals surface area contributed by atoms with Crippen LogP contribution in [0.4, 0.5) is 0 Å². The lowest BCUT2D eigenvalue weighted by Crippen LogP contribution is -2.20. The van der Waals surface area contributed by atoms with Gasteiger partial charge in [0.15, 0.2) is 0 Å². The van der Waals surface area contributed by atoms with Crippen LogP contribution in [0.2, 0.25) is 0 Å². The predicted octanol–water partition coefficient (Wildman–Crippen LogP) is 4.31. The standard InChI is InChI=1S/C17H23N3S/c1-5-8-18-14(4)16-7-6-15(11-19-16)21-17-10-12(2)9-13(3)20-17/h6-7,9-11,14,18H,5,8H2,1-4H3. The van der Waals surface area contributed by atoms with Crippen molar-refractivity contribution in [2.75, 3.05) is 6.54 Å². The lowest BCUT2D eigenvalue weighted by Gasteiger charge is -2.12. The fraction of sp³-hybridized carbons (Fsp3) is 0.412. The summed E-state index contributed by atoms with van der Waals surface area (Å²) in [5.41, 5.74) is 3.38. The first-order valence-electron chi connectivity index (χ1n) is 7.41. The number of aromatic nitrogens is 2. The Morgan fingerprint density at radius 2 is 2.05 bits per heavy atom. The minimum Gasteiger partial charge on any atom is -0.309 e. The molecule has 2 rings (SSSR count). The Hall–Kier alpha value is -1.39. The van der Waals surface area contributed by atoms with Gasteiger partial charge in [0.05, 0.1) is 5.69 Å². The molecule has 2 aromatic heterocycles. The zero-order valence-electron chi connectivity index (χ0n) is 13.2. The van der Waals surface area contributed by atoms with Crippen molar-refractivity contribution in [1.82, 2.24) is 15.3 Å². The second kappa shape index (κ2) is 7.57. The van der Waals surface area contributed by atoms with Gasteiger partial charge in [-0.05, 0) is 63.6 Å². The SMILES string of the molecule is CCCNC(C)c1ccc(Sc2cc(C)cc(C)n2)cn1. The average molecular weight is 301 g/mol. The second-order valence-corrected chi connectivity index (χ2v) is 6.41. The van der Waals surface area contributed by atoms with Crippen molar-refractivity contribution in [3.8, 4) is 0 Å². The summed E-state index contributed by atoms with van der Waals surface area (Å²) in [4.78, 5) is 10.2. The van der Waals surface area contributed by atoms with Gasteiger partial charge in [0.25, 0.3) is 0 Å². The number of nitrogens with one attached hydrogen (secondary N) is 1. The second-order valence-electron chi connectivity index (χ2n) is 5.32. The Balaban J connectivity index is 2.05. The third-order valence-corrected chi connectivity index (χ3v) is 4.10. The van der Waals surface area contributed by atoms with Gasteiger partial charge in [-0.25, -0.2) is 4.98 Å². The maximum atomic E-state index is 4.56. The van der Waals surface area contributed by atoms with E-state index in [-0.39, 0.29) is 0 Å². The Morgan fingerprint density at radius 3 is 2.67 bits per heavy atom. The highest BCUT2D eigenvalue weighted by atomic mass is 32.2. The topological polar surface area (TPSA) is 37.8 Å². The molecule has 2 heterocycles. The van der Waals surface area contributed by atoms with Gasteiger partial charge >= 0.3 is 0 Å². The Kier molecular flexibility index (Phi) is 5.76. The molecule has 0 aromatic carbocycles. The molecule has 0 amide bonds. The molecular weight excluding hydrogens is 278 g/mol. The molecule has 1 unspecified atom stereocenters. The van der Waals surface area contributed by atoms with Gasteiger partial charge in [-0.1, -0.05) is 18.7 Å². The molecular formula is C17H23N3S. The van der Waals surface area contributed by atoms with Crippen LogP contribution in [0.25, 0.3) is 0 Å². The smallest absolute Gasteiger partial charge is 0.101 e. The van der Waals surface area contributed by atoms with E-state index in [4.69, 9.17) is 0 Å². The van der Waals surface area contributed by atoms with Crippen LogP contribution in [0.1, 0.15) is 43.3 Å². The summed E-state index contributed by atoms with van der Waals surface area (Å²) in [5.74, 6) is 0. The normalized spacial score (nSPS) is 12.4. The molecule has 0 saturated carbocycles. The van der Waals surface area contributed by atoms with Gasteiger partial charge in [-0.2, -0.15) is 0 Å². The zero-order chi connectivity index (χ0) is 15.2. The van der Waals surface area contributed by atoms with Crippen molar-refractivity contribution < 1.29 is 0 Å². The molecule has 1 atom stereocenters. The monoisotopic (exact) mass is 301 g/mol. The average Bonchev–Trinajstić information content (AvgIpc) is 2.44. The molecule has 0 aliphatic carbocycles. The Bertz CT molecular complexity index is 561. The molecule has 0 spiro atoms. The quantitative estimate of drug-likeness (QED) is 0.863. The van der Waals surface area contributed by atoms with Crippen LogP contribution in [0.3, 0.4) is 0 Å². The van der Waals surface area contributed by atoms with Crippen molar-refractivity contribution in [3.63, 3.8) is 0 Å². The first kappa shape index (κ1) is 16.0. The molecule has 2 aromatic rings. The van der Waals surface area contributed by atoms with Gasteiger partial charge in [-0.3, -0.25) is 4.98 Å². The van der Waals surface area contributed by atoms with Crippen molar-refractivity contribution in [3.05, 3.63) is 47.4 Å². The maximum Gasteiger partial charge on any atom is 0.101 e. The van der Waals surface area contributed by atoms with Crippen LogP contribution in [0.15, 0.2) is 40.4 Å². The zero-order valence-corrected chi connectivity index (χ0v) is 14.0. The number of hydrogen-bond acceptors (Lipinski definition) is 4. The third kappa shape index (κ3) is 4.83. The lowest BCUT2D eigenvalue weighted by atomic mass is 10.2. The number of hydrogen-bond donors (Lipinski definition) is 1. The third-order valence-electron chi connectivity index (χ3n) is 3.20. The van der Waals surface area contributed by atoms with E-state index >= 15 is 0 Å². The molecule has 0 bridgehead atoms. The van der Waals surface area contributed by atoms with Gasteiger partial charge in [0.1, 0.15) is 5.03 Å². The largest absolute Gasteiger partial charge is 0.309 e. The van der Waals surface area contributed by atoms with Gasteiger partial charge in [-0.15, -0.1) is 0 Å². The van der Waals surface area contributed by atoms with Crippen LogP contribution in [0, 0.1) is 13.8 Å². The summed E-state index contributed by atoms with van der Waals surface area (Å²) in [7, 11) is 0. The van der Waals surface area contributed by atoms with Crippen LogP contribution in [0.5, 0.6) is 0 Å². The molecule has 0 aliphatic rings. The van der Waals surface area contributed by atoms with E-state index in [1.807, 2.05) is 13.1 Å². The summed E-state index contributed by atoms with van der Waals surface area (Å²) in [6, 6.07) is 8.71. The van der Waals surface area contributed by atoms with Crippen LogP contribution in [-0.2, 0) is 0 Å². The summed E-state index contributed by atoms with van der Waals surface area (Å²) >= 11 is 1.66. The van der Waals surface area contributed by atoms with Crippen LogP contribution >= 0.6 is 11.8 Å². The molecule has 1 N–H and O–H groups in total. The van der Waals surface area contributed by atoms with Crippen molar-refractivity contribution in [2.24, 2.45) is 0 Å². The fourth-order valence-corrected chi connectivity index (χ4v) is 3.07. The number of nitrogens with zero attached hydrogens (tertiary/aromatic N) is 2. The molecule has 21 heavy (non-hydrogen) atoms. The first-order chi connectivity index (χ1) is 10.1. The van der Waals surface area contributed by atoms with E-state index in [0.29, 0.717) is 6.04 Å². The van der Waals surface area contributed by atoms with Gasteiger partial charge in [0.2, 0.25) is 0 Å². The summed E-state index contributed by atoms with van der Waals surface area (Å²) in [6.45, 7) is 9.46. The fourth-order valence-electron chi connectivity index (χ4n) is 2.15. The molecule has 0 saturated heterocycles. The molecule has 0 fully saturated rings. The number of rotatable bonds is 6. The molecule has 0 aliphatic heterocycles. The summed E-state index contributed by atoms with van der Waals surface area (Å²) in [6.07, 6.45) is 3.07. The maximum absolute atomic E-state index is 4.56. The molecule has 112 valence electrons. The van der Waals surface area contributed by atoms with Gasteiger partial charge < -0.3 is 5.32 Å². The highest BCUT2D eigenvalue weighted by Crippen LogP contribution is 2.27. The molecule has 4 heteroatoms. The number of aryl methyl sites for hydroxylation is 2. The van der Waals surface area contributed by atoms with E-state index in [2.05, 4.69) is 60.3 Å². The van der Waals surface area contributed by atoms with E-state index in [9.17, 15) is 0 Å². The molecule has 3 nitrogen and oxygen atoms in total. The first-order valence-corrected chi connectivity index (χ1v) is 8.22. The van der Waals surface area contributed by atoms with E-state index in [1.54, 1.807) is 11.8 Å². The van der Waals surface area contributed by atoms with Crippen LogP contribution in [-0.4, -0.2) is 16.5 Å². The highest BCUT2D eigenvalue weighted by Gasteiger charge is 2.06. The summed E-state index contributed by atoms with van der Waals surface area (Å²) in [5, 5.41) is 4.48. The Morgan fingerprint density at radius 1 is 1.24 bits per heavy atom. The minimum atomic E-state index is 0.295. The van der Waals surface area contributed by atoms with E-state index in [0.717, 1.165) is 34.3 Å². The van der Waals surface area contributed by atoms with Crippen molar-refractivity contribution in [2.45, 2.75) is 50.1 Å². The van der Waals surface area contributed by atoms with Crippen LogP contribution < -0.4 is 5.32 Å². The van der Waals surface area contributed by atoms with E-state index < -0.39 is 0 Å². The van der Waals surface area contributed by atoms with E-state index in [1.165, 1.54) is 5.56 Å². The number of pyridine rings is 2. The summed E-state index contributed by atoms with van der Waals surface area (Å²) < 4.78 is 0. The minimum absolute atomic E-state index is 0.295. The molecule has 0 radical (unpaired) electrons. The predicted molar refractivity (Wildman–Crippen MR) is 88.8 cm³/mol.